The molecule has 0 N–H and O–H groups in total. The molecule has 3 aromatic rings. The molecule has 0 atom stereocenters. The number of methoxy groups -OCH3 is 1. The van der Waals surface area contributed by atoms with E-state index < -0.39 is 5.41 Å². The summed E-state index contributed by atoms with van der Waals surface area (Å²) in [6, 6.07) is 4.22. The van der Waals surface area contributed by atoms with Gasteiger partial charge in [0.2, 0.25) is 11.8 Å². The lowest BCUT2D eigenvalue weighted by Gasteiger charge is -2.49. The molecule has 5 rings (SSSR count). The first-order valence-corrected chi connectivity index (χ1v) is 11.6. The summed E-state index contributed by atoms with van der Waals surface area (Å²) in [5.41, 5.74) is 2.39. The van der Waals surface area contributed by atoms with Crippen molar-refractivity contribution in [2.75, 3.05) is 33.3 Å². The van der Waals surface area contributed by atoms with Crippen molar-refractivity contribution in [2.45, 2.75) is 25.8 Å². The van der Waals surface area contributed by atoms with E-state index in [-0.39, 0.29) is 17.9 Å². The van der Waals surface area contributed by atoms with Gasteiger partial charge >= 0.3 is 0 Å². The van der Waals surface area contributed by atoms with Crippen molar-refractivity contribution in [1.82, 2.24) is 29.2 Å². The number of likely N-dealkylation sites (tertiary alicyclic amines) is 2. The summed E-state index contributed by atoms with van der Waals surface area (Å²) in [6.45, 7) is 7.65. The van der Waals surface area contributed by atoms with E-state index in [9.17, 15) is 14.9 Å². The Kier molecular flexibility index (Phi) is 5.55. The lowest BCUT2D eigenvalue weighted by molar-refractivity contribution is -0.157. The summed E-state index contributed by atoms with van der Waals surface area (Å²) in [5.74, 6) is 0.564. The number of aromatic nitrogens is 4. The van der Waals surface area contributed by atoms with Gasteiger partial charge in [-0.25, -0.2) is 4.52 Å². The van der Waals surface area contributed by atoms with E-state index in [1.165, 1.54) is 12.3 Å². The number of nitrogens with zero attached hydrogens (tertiary/aromatic N) is 7. The van der Waals surface area contributed by atoms with Crippen molar-refractivity contribution < 1.29 is 14.3 Å². The number of carbonyl (C=O) groups is 2. The van der Waals surface area contributed by atoms with Gasteiger partial charge in [-0.2, -0.15) is 15.5 Å². The lowest BCUT2D eigenvalue weighted by atomic mass is 9.80. The van der Waals surface area contributed by atoms with Crippen LogP contribution in [-0.4, -0.2) is 74.3 Å². The number of amides is 2. The number of rotatable bonds is 5. The number of fused-ring (bicyclic) bond motifs is 1. The van der Waals surface area contributed by atoms with Crippen molar-refractivity contribution >= 4 is 17.3 Å². The average molecular weight is 474 g/mol. The van der Waals surface area contributed by atoms with Crippen molar-refractivity contribution in [3.63, 3.8) is 0 Å². The number of carbonyl (C=O) groups excluding carboxylic acids is 2. The highest BCUT2D eigenvalue weighted by molar-refractivity contribution is 5.91. The zero-order valence-electron chi connectivity index (χ0n) is 19.8. The number of hydrogen-bond donors (Lipinski definition) is 0. The Bertz CT molecular complexity index is 1350. The molecule has 2 fully saturated rings. The van der Waals surface area contributed by atoms with Gasteiger partial charge in [0.05, 0.1) is 31.0 Å². The number of nitriles is 1. The molecular formula is C25H27N7O3. The van der Waals surface area contributed by atoms with Gasteiger partial charge in [-0.05, 0) is 31.9 Å². The largest absolute Gasteiger partial charge is 0.494 e. The second-order valence-corrected chi connectivity index (χ2v) is 9.45. The molecule has 10 heteroatoms. The maximum atomic E-state index is 13.1. The predicted octanol–water partition coefficient (Wildman–Crippen LogP) is 2.28. The molecule has 2 saturated heterocycles. The van der Waals surface area contributed by atoms with Crippen LogP contribution < -0.4 is 4.74 Å². The third-order valence-corrected chi connectivity index (χ3v) is 7.06. The van der Waals surface area contributed by atoms with Crippen LogP contribution in [0.1, 0.15) is 31.4 Å². The Morgan fingerprint density at radius 3 is 2.57 bits per heavy atom. The zero-order chi connectivity index (χ0) is 24.7. The van der Waals surface area contributed by atoms with Crippen LogP contribution in [-0.2, 0) is 9.59 Å². The van der Waals surface area contributed by atoms with Gasteiger partial charge in [-0.15, -0.1) is 0 Å². The maximum absolute atomic E-state index is 13.1. The minimum absolute atomic E-state index is 0.113. The summed E-state index contributed by atoms with van der Waals surface area (Å²) in [5, 5.41) is 18.2. The van der Waals surface area contributed by atoms with E-state index in [1.807, 2.05) is 41.2 Å². The van der Waals surface area contributed by atoms with E-state index in [1.54, 1.807) is 16.5 Å². The monoisotopic (exact) mass is 473 g/mol. The van der Waals surface area contributed by atoms with Crippen LogP contribution in [0.25, 0.3) is 16.6 Å². The molecule has 0 radical (unpaired) electrons. The minimum Gasteiger partial charge on any atom is -0.494 e. The van der Waals surface area contributed by atoms with Gasteiger partial charge in [0.25, 0.3) is 0 Å². The Morgan fingerprint density at radius 1 is 1.17 bits per heavy atom. The standard InChI is InChI=1S/C25H27N7O3/c1-4-22(33)30-15-25(2,16-30)24(34)29-7-5-20(6-8-29)31-14-19(12-27-31)17-9-21(35-3)23-18(10-26)11-28-32(23)13-17/h4,9,11-14,20H,1,5-8,15-16H2,2-3H3. The van der Waals surface area contributed by atoms with Gasteiger partial charge < -0.3 is 14.5 Å². The first-order valence-electron chi connectivity index (χ1n) is 11.6. The molecule has 2 aliphatic rings. The van der Waals surface area contributed by atoms with Crippen molar-refractivity contribution in [3.05, 3.63) is 49.1 Å². The van der Waals surface area contributed by atoms with Crippen LogP contribution >= 0.6 is 0 Å². The maximum Gasteiger partial charge on any atom is 0.246 e. The second-order valence-electron chi connectivity index (χ2n) is 9.45. The highest BCUT2D eigenvalue weighted by atomic mass is 16.5. The van der Waals surface area contributed by atoms with E-state index in [2.05, 4.69) is 22.8 Å². The molecule has 0 aromatic carbocycles. The molecule has 0 unspecified atom stereocenters. The molecule has 0 saturated carbocycles. The summed E-state index contributed by atoms with van der Waals surface area (Å²) < 4.78 is 9.13. The summed E-state index contributed by atoms with van der Waals surface area (Å²) in [6.07, 6.45) is 10.1. The average Bonchev–Trinajstić information content (AvgIpc) is 3.53. The summed E-state index contributed by atoms with van der Waals surface area (Å²) in [7, 11) is 1.57. The molecule has 35 heavy (non-hydrogen) atoms. The number of pyridine rings is 1. The van der Waals surface area contributed by atoms with Gasteiger partial charge in [0.1, 0.15) is 22.9 Å². The summed E-state index contributed by atoms with van der Waals surface area (Å²) >= 11 is 0. The number of hydrogen-bond acceptors (Lipinski definition) is 6. The smallest absolute Gasteiger partial charge is 0.246 e. The third kappa shape index (κ3) is 3.83. The summed E-state index contributed by atoms with van der Waals surface area (Å²) in [4.78, 5) is 28.4. The highest BCUT2D eigenvalue weighted by Crippen LogP contribution is 2.35. The normalized spacial score (nSPS) is 17.6. The molecule has 3 aromatic heterocycles. The molecule has 0 aliphatic carbocycles. The Labute approximate surface area is 203 Å². The van der Waals surface area contributed by atoms with Gasteiger partial charge in [0, 0.05) is 49.7 Å². The third-order valence-electron chi connectivity index (χ3n) is 7.06. The molecular weight excluding hydrogens is 446 g/mol. The van der Waals surface area contributed by atoms with Crippen molar-refractivity contribution in [2.24, 2.45) is 5.41 Å². The Balaban J connectivity index is 1.26. The molecule has 180 valence electrons. The van der Waals surface area contributed by atoms with Gasteiger partial charge in [0.15, 0.2) is 0 Å². The zero-order valence-corrected chi connectivity index (χ0v) is 19.8. The van der Waals surface area contributed by atoms with Crippen LogP contribution in [0.5, 0.6) is 5.75 Å². The van der Waals surface area contributed by atoms with E-state index >= 15 is 0 Å². The highest BCUT2D eigenvalue weighted by Gasteiger charge is 2.48. The Morgan fingerprint density at radius 2 is 1.91 bits per heavy atom. The second kappa shape index (κ2) is 8.58. The fraction of sp³-hybridized carbons (Fsp3) is 0.400. The molecule has 0 spiro atoms. The van der Waals surface area contributed by atoms with Crippen molar-refractivity contribution in [1.29, 1.82) is 5.26 Å². The first-order chi connectivity index (χ1) is 16.9. The van der Waals surface area contributed by atoms with Crippen LogP contribution in [0.15, 0.2) is 43.5 Å². The predicted molar refractivity (Wildman–Crippen MR) is 127 cm³/mol. The van der Waals surface area contributed by atoms with Gasteiger partial charge in [-0.3, -0.25) is 14.3 Å². The van der Waals surface area contributed by atoms with Crippen LogP contribution in [0.3, 0.4) is 0 Å². The number of piperidine rings is 1. The fourth-order valence-corrected chi connectivity index (χ4v) is 5.10. The Hall–Kier alpha value is -4.13. The molecule has 2 amide bonds. The van der Waals surface area contributed by atoms with Crippen LogP contribution in [0, 0.1) is 16.7 Å². The topological polar surface area (TPSA) is 109 Å². The van der Waals surface area contributed by atoms with E-state index in [4.69, 9.17) is 4.74 Å². The molecule has 10 nitrogen and oxygen atoms in total. The minimum atomic E-state index is -0.514. The SMILES string of the molecule is C=CC(=O)N1CC(C)(C(=O)N2CCC(n3cc(-c4cc(OC)c5c(C#N)cnn5c4)cn3)CC2)C1. The fourth-order valence-electron chi connectivity index (χ4n) is 5.10. The van der Waals surface area contributed by atoms with E-state index in [0.29, 0.717) is 43.0 Å². The van der Waals surface area contributed by atoms with Crippen LogP contribution in [0.4, 0.5) is 0 Å². The molecule has 2 aliphatic heterocycles. The van der Waals surface area contributed by atoms with Gasteiger partial charge in [-0.1, -0.05) is 6.58 Å². The lowest BCUT2D eigenvalue weighted by Crippen LogP contribution is -2.64. The van der Waals surface area contributed by atoms with E-state index in [0.717, 1.165) is 24.0 Å². The number of ether oxygens (including phenoxy) is 1. The molecule has 0 bridgehead atoms. The van der Waals surface area contributed by atoms with Crippen molar-refractivity contribution in [3.8, 4) is 22.9 Å². The first kappa shape index (κ1) is 22.7. The molecule has 5 heterocycles. The van der Waals surface area contributed by atoms with Crippen LogP contribution in [0.2, 0.25) is 0 Å². The quantitative estimate of drug-likeness (QED) is 0.526.